The Labute approximate surface area is 105 Å². The molecule has 0 aromatic carbocycles. The van der Waals surface area contributed by atoms with Crippen molar-refractivity contribution in [3.63, 3.8) is 0 Å². The summed E-state index contributed by atoms with van der Waals surface area (Å²) in [6.07, 6.45) is 1.12. The Hall–Kier alpha value is -1.25. The van der Waals surface area contributed by atoms with Crippen LogP contribution in [0.5, 0.6) is 0 Å². The van der Waals surface area contributed by atoms with Gasteiger partial charge in [0.25, 0.3) is 0 Å². The Balaban J connectivity index is 2.73. The van der Waals surface area contributed by atoms with E-state index in [2.05, 4.69) is 55.0 Å². The molecular formula is C14H25N3. The predicted molar refractivity (Wildman–Crippen MR) is 75.7 cm³/mol. The van der Waals surface area contributed by atoms with Gasteiger partial charge >= 0.3 is 0 Å². The minimum atomic E-state index is 0.656. The van der Waals surface area contributed by atoms with Gasteiger partial charge in [0.1, 0.15) is 11.6 Å². The van der Waals surface area contributed by atoms with Crippen molar-refractivity contribution in [1.29, 1.82) is 0 Å². The van der Waals surface area contributed by atoms with E-state index in [-0.39, 0.29) is 0 Å². The Morgan fingerprint density at radius 3 is 2.65 bits per heavy atom. The summed E-state index contributed by atoms with van der Waals surface area (Å²) in [4.78, 5) is 6.97. The van der Waals surface area contributed by atoms with Crippen molar-refractivity contribution in [2.45, 2.75) is 34.1 Å². The molecule has 1 N–H and O–H groups in total. The van der Waals surface area contributed by atoms with E-state index in [1.807, 2.05) is 6.07 Å². The fraction of sp³-hybridized carbons (Fsp3) is 0.643. The quantitative estimate of drug-likeness (QED) is 0.785. The molecule has 0 saturated heterocycles. The maximum Gasteiger partial charge on any atom is 0.130 e. The number of pyridine rings is 1. The lowest BCUT2D eigenvalue weighted by molar-refractivity contribution is 0.614. The second-order valence-corrected chi connectivity index (χ2v) is 4.74. The largest absolute Gasteiger partial charge is 0.370 e. The van der Waals surface area contributed by atoms with E-state index in [0.29, 0.717) is 5.92 Å². The second-order valence-electron chi connectivity index (χ2n) is 4.74. The van der Waals surface area contributed by atoms with Crippen LogP contribution in [-0.2, 0) is 0 Å². The van der Waals surface area contributed by atoms with E-state index in [9.17, 15) is 0 Å². The van der Waals surface area contributed by atoms with Gasteiger partial charge in [-0.25, -0.2) is 4.98 Å². The first-order valence-electron chi connectivity index (χ1n) is 6.63. The van der Waals surface area contributed by atoms with Crippen molar-refractivity contribution in [2.75, 3.05) is 29.9 Å². The lowest BCUT2D eigenvalue weighted by atomic mass is 10.2. The van der Waals surface area contributed by atoms with E-state index in [4.69, 9.17) is 0 Å². The van der Waals surface area contributed by atoms with Crippen molar-refractivity contribution in [3.05, 3.63) is 18.2 Å². The van der Waals surface area contributed by atoms with E-state index < -0.39 is 0 Å². The van der Waals surface area contributed by atoms with Crippen LogP contribution in [0.1, 0.15) is 34.1 Å². The first kappa shape index (κ1) is 13.8. The van der Waals surface area contributed by atoms with Crippen LogP contribution in [0.15, 0.2) is 18.2 Å². The van der Waals surface area contributed by atoms with Gasteiger partial charge in [-0.15, -0.1) is 0 Å². The SMILES string of the molecule is CCCNc1cccc(N(CC)CC(C)C)n1. The number of rotatable bonds is 7. The lowest BCUT2D eigenvalue weighted by Gasteiger charge is -2.24. The van der Waals surface area contributed by atoms with Gasteiger partial charge in [-0.2, -0.15) is 0 Å². The van der Waals surface area contributed by atoms with Crippen molar-refractivity contribution in [2.24, 2.45) is 5.92 Å². The van der Waals surface area contributed by atoms with E-state index in [0.717, 1.165) is 37.7 Å². The highest BCUT2D eigenvalue weighted by molar-refractivity contribution is 5.47. The summed E-state index contributed by atoms with van der Waals surface area (Å²) in [5.74, 6) is 2.71. The predicted octanol–water partition coefficient (Wildman–Crippen LogP) is 3.39. The number of nitrogens with zero attached hydrogens (tertiary/aromatic N) is 2. The van der Waals surface area contributed by atoms with Gasteiger partial charge in [0.05, 0.1) is 0 Å². The molecule has 3 nitrogen and oxygen atoms in total. The smallest absolute Gasteiger partial charge is 0.130 e. The van der Waals surface area contributed by atoms with Crippen molar-refractivity contribution in [3.8, 4) is 0 Å². The maximum absolute atomic E-state index is 4.65. The average Bonchev–Trinajstić information content (AvgIpc) is 2.33. The second kappa shape index (κ2) is 7.15. The third kappa shape index (κ3) is 4.63. The topological polar surface area (TPSA) is 28.2 Å². The third-order valence-electron chi connectivity index (χ3n) is 2.58. The number of hydrogen-bond donors (Lipinski definition) is 1. The van der Waals surface area contributed by atoms with Gasteiger partial charge in [-0.1, -0.05) is 26.8 Å². The molecule has 0 bridgehead atoms. The lowest BCUT2D eigenvalue weighted by Crippen LogP contribution is -2.28. The van der Waals surface area contributed by atoms with Gasteiger partial charge < -0.3 is 10.2 Å². The van der Waals surface area contributed by atoms with Gasteiger partial charge in [0.15, 0.2) is 0 Å². The summed E-state index contributed by atoms with van der Waals surface area (Å²) in [5.41, 5.74) is 0. The highest BCUT2D eigenvalue weighted by atomic mass is 15.2. The standard InChI is InChI=1S/C14H25N3/c1-5-10-15-13-8-7-9-14(16-13)17(6-2)11-12(3)4/h7-9,12H,5-6,10-11H2,1-4H3,(H,15,16). The van der Waals surface area contributed by atoms with Gasteiger partial charge in [-0.3, -0.25) is 0 Å². The highest BCUT2D eigenvalue weighted by Crippen LogP contribution is 2.15. The van der Waals surface area contributed by atoms with Gasteiger partial charge in [-0.05, 0) is 31.4 Å². The Morgan fingerprint density at radius 2 is 2.06 bits per heavy atom. The van der Waals surface area contributed by atoms with E-state index >= 15 is 0 Å². The molecular weight excluding hydrogens is 210 g/mol. The zero-order valence-electron chi connectivity index (χ0n) is 11.5. The molecule has 1 heterocycles. The van der Waals surface area contributed by atoms with E-state index in [1.54, 1.807) is 0 Å². The molecule has 96 valence electrons. The summed E-state index contributed by atoms with van der Waals surface area (Å²) in [5, 5.41) is 3.33. The third-order valence-corrected chi connectivity index (χ3v) is 2.58. The summed E-state index contributed by atoms with van der Waals surface area (Å²) in [6, 6.07) is 6.19. The Bertz CT molecular complexity index is 323. The van der Waals surface area contributed by atoms with Crippen molar-refractivity contribution < 1.29 is 0 Å². The van der Waals surface area contributed by atoms with Crippen LogP contribution in [0, 0.1) is 5.92 Å². The average molecular weight is 235 g/mol. The van der Waals surface area contributed by atoms with Crippen LogP contribution in [0.2, 0.25) is 0 Å². The molecule has 0 atom stereocenters. The molecule has 0 aliphatic heterocycles. The molecule has 1 aromatic rings. The van der Waals surface area contributed by atoms with Crippen LogP contribution in [0.3, 0.4) is 0 Å². The van der Waals surface area contributed by atoms with Crippen molar-refractivity contribution >= 4 is 11.6 Å². The summed E-state index contributed by atoms with van der Waals surface area (Å²) in [6.45, 7) is 11.9. The monoisotopic (exact) mass is 235 g/mol. The van der Waals surface area contributed by atoms with Crippen LogP contribution in [-0.4, -0.2) is 24.6 Å². The summed E-state index contributed by atoms with van der Waals surface area (Å²) in [7, 11) is 0. The molecule has 0 unspecified atom stereocenters. The molecule has 1 aromatic heterocycles. The summed E-state index contributed by atoms with van der Waals surface area (Å²) >= 11 is 0. The molecule has 1 rings (SSSR count). The van der Waals surface area contributed by atoms with Gasteiger partial charge in [0, 0.05) is 19.6 Å². The molecule has 0 amide bonds. The number of nitrogens with one attached hydrogen (secondary N) is 1. The molecule has 0 saturated carbocycles. The zero-order chi connectivity index (χ0) is 12.7. The fourth-order valence-electron chi connectivity index (χ4n) is 1.78. The summed E-state index contributed by atoms with van der Waals surface area (Å²) < 4.78 is 0. The van der Waals surface area contributed by atoms with Crippen LogP contribution in [0.4, 0.5) is 11.6 Å². The van der Waals surface area contributed by atoms with Crippen LogP contribution >= 0.6 is 0 Å². The van der Waals surface area contributed by atoms with Gasteiger partial charge in [0.2, 0.25) is 0 Å². The minimum Gasteiger partial charge on any atom is -0.370 e. The highest BCUT2D eigenvalue weighted by Gasteiger charge is 2.08. The molecule has 3 heteroatoms. The first-order valence-corrected chi connectivity index (χ1v) is 6.63. The van der Waals surface area contributed by atoms with Crippen molar-refractivity contribution in [1.82, 2.24) is 4.98 Å². The Morgan fingerprint density at radius 1 is 1.29 bits per heavy atom. The maximum atomic E-state index is 4.65. The molecule has 17 heavy (non-hydrogen) atoms. The fourth-order valence-corrected chi connectivity index (χ4v) is 1.78. The molecule has 0 spiro atoms. The Kier molecular flexibility index (Phi) is 5.81. The number of hydrogen-bond acceptors (Lipinski definition) is 3. The van der Waals surface area contributed by atoms with Crippen LogP contribution in [0.25, 0.3) is 0 Å². The normalized spacial score (nSPS) is 10.6. The molecule has 0 aliphatic carbocycles. The molecule has 0 aliphatic rings. The molecule has 0 fully saturated rings. The number of anilines is 2. The minimum absolute atomic E-state index is 0.656. The number of aromatic nitrogens is 1. The molecule has 0 radical (unpaired) electrons. The zero-order valence-corrected chi connectivity index (χ0v) is 11.5. The van der Waals surface area contributed by atoms with Crippen LogP contribution < -0.4 is 10.2 Å². The van der Waals surface area contributed by atoms with E-state index in [1.165, 1.54) is 0 Å². The first-order chi connectivity index (χ1) is 8.17.